The molecule has 25 heavy (non-hydrogen) atoms. The number of carbonyl (C=O) groups is 1. The molecule has 0 aliphatic carbocycles. The molecule has 1 aliphatic heterocycles. The van der Waals surface area contributed by atoms with Crippen molar-refractivity contribution in [1.29, 1.82) is 0 Å². The zero-order valence-electron chi connectivity index (χ0n) is 13.5. The quantitative estimate of drug-likeness (QED) is 0.586. The van der Waals surface area contributed by atoms with Crippen LogP contribution in [-0.4, -0.2) is 12.5 Å². The molecular weight excluding hydrogens is 374 g/mol. The third-order valence-electron chi connectivity index (χ3n) is 4.40. The van der Waals surface area contributed by atoms with Crippen LogP contribution in [0.5, 0.6) is 0 Å². The summed E-state index contributed by atoms with van der Waals surface area (Å²) in [6.45, 7) is 0.578. The number of benzene rings is 3. The van der Waals surface area contributed by atoms with Gasteiger partial charge >= 0.3 is 0 Å². The summed E-state index contributed by atoms with van der Waals surface area (Å²) >= 11 is 3.45. The Morgan fingerprint density at radius 3 is 1.88 bits per heavy atom. The molecule has 1 amide bonds. The molecule has 3 aromatic rings. The van der Waals surface area contributed by atoms with E-state index in [0.29, 0.717) is 6.54 Å². The summed E-state index contributed by atoms with van der Waals surface area (Å²) in [4.78, 5) is 15.1. The normalized spacial score (nSPS) is 14.3. The Kier molecular flexibility index (Phi) is 4.24. The van der Waals surface area contributed by atoms with Gasteiger partial charge in [-0.1, -0.05) is 76.6 Å². The van der Waals surface area contributed by atoms with Crippen molar-refractivity contribution >= 4 is 38.7 Å². The largest absolute Gasteiger partial charge is 0.304 e. The van der Waals surface area contributed by atoms with E-state index in [-0.39, 0.29) is 5.91 Å². The zero-order valence-corrected chi connectivity index (χ0v) is 15.1. The molecule has 4 rings (SSSR count). The first-order valence-corrected chi connectivity index (χ1v) is 8.95. The number of amides is 1. The smallest absolute Gasteiger partial charge is 0.259 e. The van der Waals surface area contributed by atoms with Crippen LogP contribution < -0.4 is 4.90 Å². The van der Waals surface area contributed by atoms with Crippen LogP contribution in [0, 0.1) is 0 Å². The first kappa shape index (κ1) is 15.9. The molecule has 3 aromatic carbocycles. The Bertz CT molecular complexity index is 931. The lowest BCUT2D eigenvalue weighted by Gasteiger charge is -2.17. The second-order valence-electron chi connectivity index (χ2n) is 5.95. The predicted molar refractivity (Wildman–Crippen MR) is 106 cm³/mol. The SMILES string of the molecule is O=C1C(c2ccccc2)=C(c2ccccc2)CN1c1ccc(Br)cc1. The van der Waals surface area contributed by atoms with E-state index in [1.807, 2.05) is 77.7 Å². The van der Waals surface area contributed by atoms with Gasteiger partial charge in [-0.2, -0.15) is 0 Å². The Balaban J connectivity index is 1.82. The molecular formula is C22H16BrNO. The van der Waals surface area contributed by atoms with Gasteiger partial charge in [-0.25, -0.2) is 0 Å². The van der Waals surface area contributed by atoms with Crippen molar-refractivity contribution < 1.29 is 4.79 Å². The lowest BCUT2D eigenvalue weighted by molar-refractivity contribution is -0.112. The van der Waals surface area contributed by atoms with Crippen LogP contribution >= 0.6 is 15.9 Å². The molecule has 122 valence electrons. The summed E-state index contributed by atoms with van der Waals surface area (Å²) in [5.41, 5.74) is 4.82. The van der Waals surface area contributed by atoms with E-state index in [1.165, 1.54) is 0 Å². The van der Waals surface area contributed by atoms with Gasteiger partial charge in [0.2, 0.25) is 0 Å². The Labute approximate surface area is 155 Å². The maximum atomic E-state index is 13.2. The molecule has 0 saturated heterocycles. The maximum Gasteiger partial charge on any atom is 0.259 e. The fourth-order valence-electron chi connectivity index (χ4n) is 3.18. The average Bonchev–Trinajstić information content (AvgIpc) is 3.01. The van der Waals surface area contributed by atoms with Gasteiger partial charge in [0.15, 0.2) is 0 Å². The van der Waals surface area contributed by atoms with Gasteiger partial charge in [0.25, 0.3) is 5.91 Å². The van der Waals surface area contributed by atoms with Crippen LogP contribution in [0.4, 0.5) is 5.69 Å². The minimum Gasteiger partial charge on any atom is -0.304 e. The summed E-state index contributed by atoms with van der Waals surface area (Å²) in [5.74, 6) is 0.0485. The number of hydrogen-bond donors (Lipinski definition) is 0. The highest BCUT2D eigenvalue weighted by atomic mass is 79.9. The number of halogens is 1. The van der Waals surface area contributed by atoms with Crippen LogP contribution in [0.2, 0.25) is 0 Å². The summed E-state index contributed by atoms with van der Waals surface area (Å²) in [6, 6.07) is 27.9. The first-order chi connectivity index (χ1) is 12.2. The Hall–Kier alpha value is -2.65. The molecule has 1 aliphatic rings. The fourth-order valence-corrected chi connectivity index (χ4v) is 3.44. The van der Waals surface area contributed by atoms with E-state index in [4.69, 9.17) is 0 Å². The number of hydrogen-bond acceptors (Lipinski definition) is 1. The van der Waals surface area contributed by atoms with E-state index in [0.717, 1.165) is 32.4 Å². The molecule has 1 heterocycles. The zero-order chi connectivity index (χ0) is 17.2. The molecule has 0 N–H and O–H groups in total. The maximum absolute atomic E-state index is 13.2. The van der Waals surface area contributed by atoms with Crippen molar-refractivity contribution in [3.05, 3.63) is 101 Å². The first-order valence-electron chi connectivity index (χ1n) is 8.15. The van der Waals surface area contributed by atoms with Gasteiger partial charge in [0.05, 0.1) is 12.1 Å². The molecule has 2 nitrogen and oxygen atoms in total. The van der Waals surface area contributed by atoms with Crippen molar-refractivity contribution in [1.82, 2.24) is 0 Å². The van der Waals surface area contributed by atoms with Crippen LogP contribution in [0.3, 0.4) is 0 Å². The fraction of sp³-hybridized carbons (Fsp3) is 0.0455. The van der Waals surface area contributed by atoms with E-state index < -0.39 is 0 Å². The Morgan fingerprint density at radius 2 is 1.28 bits per heavy atom. The summed E-state index contributed by atoms with van der Waals surface area (Å²) in [5, 5.41) is 0. The molecule has 0 atom stereocenters. The molecule has 0 unspecified atom stereocenters. The summed E-state index contributed by atoms with van der Waals surface area (Å²) < 4.78 is 1.00. The highest BCUT2D eigenvalue weighted by molar-refractivity contribution is 9.10. The predicted octanol–water partition coefficient (Wildman–Crippen LogP) is 5.41. The van der Waals surface area contributed by atoms with E-state index in [1.54, 1.807) is 0 Å². The lowest BCUT2D eigenvalue weighted by atomic mass is 9.97. The number of rotatable bonds is 3. The third kappa shape index (κ3) is 3.03. The summed E-state index contributed by atoms with van der Waals surface area (Å²) in [6.07, 6.45) is 0. The van der Waals surface area contributed by atoms with Gasteiger partial charge in [-0.3, -0.25) is 4.79 Å². The minimum absolute atomic E-state index is 0.0485. The topological polar surface area (TPSA) is 20.3 Å². The van der Waals surface area contributed by atoms with Crippen molar-refractivity contribution in [2.45, 2.75) is 0 Å². The van der Waals surface area contributed by atoms with Crippen molar-refractivity contribution in [2.24, 2.45) is 0 Å². The van der Waals surface area contributed by atoms with E-state index in [9.17, 15) is 4.79 Å². The molecule has 0 bridgehead atoms. The van der Waals surface area contributed by atoms with Crippen molar-refractivity contribution in [2.75, 3.05) is 11.4 Å². The molecule has 0 fully saturated rings. The van der Waals surface area contributed by atoms with Crippen molar-refractivity contribution in [3.8, 4) is 0 Å². The third-order valence-corrected chi connectivity index (χ3v) is 4.93. The second-order valence-corrected chi connectivity index (χ2v) is 6.87. The Morgan fingerprint density at radius 1 is 0.720 bits per heavy atom. The standard InChI is InChI=1S/C22H16BrNO/c23-18-11-13-19(14-12-18)24-15-20(16-7-3-1-4-8-16)21(22(24)25)17-9-5-2-6-10-17/h1-14H,15H2. The molecule has 0 spiro atoms. The molecule has 0 aromatic heterocycles. The minimum atomic E-state index is 0.0485. The van der Waals surface area contributed by atoms with Crippen LogP contribution in [0.15, 0.2) is 89.4 Å². The lowest BCUT2D eigenvalue weighted by Crippen LogP contribution is -2.26. The number of anilines is 1. The summed E-state index contributed by atoms with van der Waals surface area (Å²) in [7, 11) is 0. The van der Waals surface area contributed by atoms with E-state index >= 15 is 0 Å². The van der Waals surface area contributed by atoms with Gasteiger partial charge in [-0.15, -0.1) is 0 Å². The number of carbonyl (C=O) groups excluding carboxylic acids is 1. The molecule has 0 saturated carbocycles. The van der Waals surface area contributed by atoms with E-state index in [2.05, 4.69) is 28.1 Å². The monoisotopic (exact) mass is 389 g/mol. The van der Waals surface area contributed by atoms with Gasteiger partial charge in [0, 0.05) is 10.2 Å². The van der Waals surface area contributed by atoms with Gasteiger partial charge in [-0.05, 0) is 41.0 Å². The molecule has 3 heteroatoms. The van der Waals surface area contributed by atoms with Crippen molar-refractivity contribution in [3.63, 3.8) is 0 Å². The number of nitrogens with zero attached hydrogens (tertiary/aromatic N) is 1. The van der Waals surface area contributed by atoms with Gasteiger partial charge < -0.3 is 4.90 Å². The van der Waals surface area contributed by atoms with Crippen LogP contribution in [0.1, 0.15) is 11.1 Å². The molecule has 0 radical (unpaired) electrons. The highest BCUT2D eigenvalue weighted by Gasteiger charge is 2.32. The van der Waals surface area contributed by atoms with Crippen LogP contribution in [-0.2, 0) is 4.79 Å². The van der Waals surface area contributed by atoms with Crippen LogP contribution in [0.25, 0.3) is 11.1 Å². The average molecular weight is 390 g/mol. The second kappa shape index (κ2) is 6.69. The van der Waals surface area contributed by atoms with Gasteiger partial charge in [0.1, 0.15) is 0 Å². The highest BCUT2D eigenvalue weighted by Crippen LogP contribution is 2.37.